The second-order valence-corrected chi connectivity index (χ2v) is 3.12. The Bertz CT molecular complexity index is 333. The summed E-state index contributed by atoms with van der Waals surface area (Å²) >= 11 is 0. The first-order chi connectivity index (χ1) is 6.36. The first-order valence-electron chi connectivity index (χ1n) is 4.36. The fourth-order valence-electron chi connectivity index (χ4n) is 1.47. The van der Waals surface area contributed by atoms with Crippen LogP contribution in [0.2, 0.25) is 0 Å². The Balaban J connectivity index is 2.21. The van der Waals surface area contributed by atoms with Crippen LogP contribution in [0.5, 0.6) is 0 Å². The summed E-state index contributed by atoms with van der Waals surface area (Å²) < 4.78 is 12.6. The molecule has 65 valence electrons. The van der Waals surface area contributed by atoms with Gasteiger partial charge >= 0.3 is 0 Å². The van der Waals surface area contributed by atoms with Crippen LogP contribution >= 0.6 is 0 Å². The minimum Gasteiger partial charge on any atom is -0.207 e. The Labute approximate surface area is 77.4 Å². The molecule has 1 aliphatic carbocycles. The predicted molar refractivity (Wildman–Crippen MR) is 50.7 cm³/mol. The van der Waals surface area contributed by atoms with Gasteiger partial charge in [-0.25, -0.2) is 4.39 Å². The molecule has 1 radical (unpaired) electrons. The Morgan fingerprint density at radius 1 is 1.23 bits per heavy atom. The number of hydrogen-bond acceptors (Lipinski definition) is 0. The molecule has 0 bridgehead atoms. The van der Waals surface area contributed by atoms with E-state index in [-0.39, 0.29) is 5.82 Å². The number of halogens is 1. The Kier molecular flexibility index (Phi) is 2.26. The molecule has 0 heterocycles. The topological polar surface area (TPSA) is 0 Å². The smallest absolute Gasteiger partial charge is 0.123 e. The van der Waals surface area contributed by atoms with Crippen molar-refractivity contribution in [2.45, 2.75) is 12.3 Å². The van der Waals surface area contributed by atoms with Gasteiger partial charge in [0.1, 0.15) is 5.82 Å². The minimum atomic E-state index is -0.175. The number of rotatable bonds is 1. The number of allylic oxidation sites excluding steroid dienone is 4. The Morgan fingerprint density at radius 2 is 2.00 bits per heavy atom. The minimum absolute atomic E-state index is 0.175. The van der Waals surface area contributed by atoms with E-state index in [0.717, 1.165) is 12.0 Å². The van der Waals surface area contributed by atoms with E-state index in [4.69, 9.17) is 0 Å². The summed E-state index contributed by atoms with van der Waals surface area (Å²) in [6.45, 7) is 0. The summed E-state index contributed by atoms with van der Waals surface area (Å²) in [6.07, 6.45) is 9.99. The van der Waals surface area contributed by atoms with Crippen molar-refractivity contribution in [3.63, 3.8) is 0 Å². The van der Waals surface area contributed by atoms with Crippen LogP contribution in [0.4, 0.5) is 4.39 Å². The summed E-state index contributed by atoms with van der Waals surface area (Å²) in [6, 6.07) is 6.68. The van der Waals surface area contributed by atoms with Crippen LogP contribution in [0.1, 0.15) is 17.9 Å². The average molecular weight is 173 g/mol. The van der Waals surface area contributed by atoms with Crippen LogP contribution in [0.25, 0.3) is 0 Å². The lowest BCUT2D eigenvalue weighted by Crippen LogP contribution is -1.95. The second kappa shape index (κ2) is 3.56. The number of benzene rings is 1. The standard InChI is InChI=1S/C12H10F/c13-12-8-6-11(7-9-12)10-4-2-1-3-5-10/h2-4,6-10H,5H2/t10-/m1/s1. The Hall–Kier alpha value is -1.37. The molecule has 0 fully saturated rings. The molecule has 1 aromatic rings. The quantitative estimate of drug-likeness (QED) is 0.611. The first kappa shape index (κ1) is 8.24. The lowest BCUT2D eigenvalue weighted by atomic mass is 9.93. The molecule has 1 aliphatic rings. The van der Waals surface area contributed by atoms with E-state index in [1.807, 2.05) is 24.3 Å². The lowest BCUT2D eigenvalue weighted by Gasteiger charge is -2.12. The molecule has 0 nitrogen and oxygen atoms in total. The van der Waals surface area contributed by atoms with Crippen molar-refractivity contribution in [1.82, 2.24) is 0 Å². The first-order valence-corrected chi connectivity index (χ1v) is 4.36. The van der Waals surface area contributed by atoms with Crippen molar-refractivity contribution in [2.24, 2.45) is 0 Å². The summed E-state index contributed by atoms with van der Waals surface area (Å²) in [5, 5.41) is 0. The summed E-state index contributed by atoms with van der Waals surface area (Å²) in [4.78, 5) is 0. The fraction of sp³-hybridized carbons (Fsp3) is 0.167. The van der Waals surface area contributed by atoms with Gasteiger partial charge in [0.15, 0.2) is 0 Å². The lowest BCUT2D eigenvalue weighted by molar-refractivity contribution is 0.626. The van der Waals surface area contributed by atoms with E-state index in [2.05, 4.69) is 12.2 Å². The van der Waals surface area contributed by atoms with E-state index < -0.39 is 0 Å². The molecule has 1 heteroatoms. The highest BCUT2D eigenvalue weighted by atomic mass is 19.1. The summed E-state index contributed by atoms with van der Waals surface area (Å²) in [5.41, 5.74) is 1.16. The van der Waals surface area contributed by atoms with Gasteiger partial charge in [-0.2, -0.15) is 0 Å². The number of hydrogen-bond donors (Lipinski definition) is 0. The van der Waals surface area contributed by atoms with Crippen LogP contribution in [-0.2, 0) is 0 Å². The molecule has 1 aromatic carbocycles. The van der Waals surface area contributed by atoms with Crippen molar-refractivity contribution < 1.29 is 4.39 Å². The van der Waals surface area contributed by atoms with Crippen LogP contribution in [0.3, 0.4) is 0 Å². The third-order valence-electron chi connectivity index (χ3n) is 2.21. The van der Waals surface area contributed by atoms with Gasteiger partial charge in [0, 0.05) is 5.92 Å². The summed E-state index contributed by atoms with van der Waals surface area (Å²) in [7, 11) is 0. The molecule has 0 N–H and O–H groups in total. The van der Waals surface area contributed by atoms with Crippen molar-refractivity contribution >= 4 is 0 Å². The normalized spacial score (nSPS) is 20.5. The molecular weight excluding hydrogens is 163 g/mol. The largest absolute Gasteiger partial charge is 0.207 e. The van der Waals surface area contributed by atoms with Gasteiger partial charge in [0.05, 0.1) is 0 Å². The highest BCUT2D eigenvalue weighted by molar-refractivity contribution is 5.27. The molecule has 1 atom stereocenters. The molecule has 0 amide bonds. The van der Waals surface area contributed by atoms with Gasteiger partial charge in [-0.3, -0.25) is 0 Å². The van der Waals surface area contributed by atoms with Gasteiger partial charge in [-0.1, -0.05) is 30.4 Å². The van der Waals surface area contributed by atoms with Crippen molar-refractivity contribution in [3.05, 3.63) is 60.0 Å². The van der Waals surface area contributed by atoms with E-state index in [1.54, 1.807) is 0 Å². The molecule has 0 aliphatic heterocycles. The van der Waals surface area contributed by atoms with Crippen LogP contribution in [-0.4, -0.2) is 0 Å². The van der Waals surface area contributed by atoms with E-state index in [9.17, 15) is 4.39 Å². The van der Waals surface area contributed by atoms with E-state index in [0.29, 0.717) is 5.92 Å². The molecule has 0 spiro atoms. The van der Waals surface area contributed by atoms with Crippen LogP contribution < -0.4 is 0 Å². The van der Waals surface area contributed by atoms with Crippen molar-refractivity contribution in [2.75, 3.05) is 0 Å². The zero-order chi connectivity index (χ0) is 9.10. The SMILES string of the molecule is Fc1ccc([C@@H]2C=C[C]=CC2)cc1. The van der Waals surface area contributed by atoms with Gasteiger partial charge in [0.2, 0.25) is 0 Å². The molecule has 0 saturated carbocycles. The Morgan fingerprint density at radius 3 is 2.62 bits per heavy atom. The van der Waals surface area contributed by atoms with Crippen molar-refractivity contribution in [1.29, 1.82) is 0 Å². The average Bonchev–Trinajstić information content (AvgIpc) is 2.20. The van der Waals surface area contributed by atoms with Gasteiger partial charge in [-0.05, 0) is 30.2 Å². The van der Waals surface area contributed by atoms with Crippen LogP contribution in [0, 0.1) is 11.9 Å². The zero-order valence-electron chi connectivity index (χ0n) is 7.20. The highest BCUT2D eigenvalue weighted by Gasteiger charge is 2.07. The fourth-order valence-corrected chi connectivity index (χ4v) is 1.47. The maximum atomic E-state index is 12.6. The third kappa shape index (κ3) is 1.86. The van der Waals surface area contributed by atoms with E-state index >= 15 is 0 Å². The van der Waals surface area contributed by atoms with Gasteiger partial charge < -0.3 is 0 Å². The molecule has 0 aromatic heterocycles. The molecule has 0 unspecified atom stereocenters. The second-order valence-electron chi connectivity index (χ2n) is 3.12. The maximum Gasteiger partial charge on any atom is 0.123 e. The van der Waals surface area contributed by atoms with E-state index in [1.165, 1.54) is 12.1 Å². The monoisotopic (exact) mass is 173 g/mol. The summed E-state index contributed by atoms with van der Waals surface area (Å²) in [5.74, 6) is 0.215. The highest BCUT2D eigenvalue weighted by Crippen LogP contribution is 2.23. The van der Waals surface area contributed by atoms with Gasteiger partial charge in [0.25, 0.3) is 0 Å². The van der Waals surface area contributed by atoms with Gasteiger partial charge in [-0.15, -0.1) is 0 Å². The maximum absolute atomic E-state index is 12.6. The van der Waals surface area contributed by atoms with Crippen molar-refractivity contribution in [3.8, 4) is 0 Å². The molecule has 2 rings (SSSR count). The zero-order valence-corrected chi connectivity index (χ0v) is 7.20. The molecule has 0 saturated heterocycles. The molecule has 13 heavy (non-hydrogen) atoms. The van der Waals surface area contributed by atoms with Crippen LogP contribution in [0.15, 0.2) is 42.5 Å². The molecular formula is C12H10F. The third-order valence-corrected chi connectivity index (χ3v) is 2.21. The predicted octanol–water partition coefficient (Wildman–Crippen LogP) is 3.23.